The van der Waals surface area contributed by atoms with Crippen LogP contribution in [-0.4, -0.2) is 31.6 Å². The van der Waals surface area contributed by atoms with Crippen LogP contribution in [0.25, 0.3) is 0 Å². The van der Waals surface area contributed by atoms with Gasteiger partial charge in [-0.25, -0.2) is 4.79 Å². The molecule has 3 amide bonds. The summed E-state index contributed by atoms with van der Waals surface area (Å²) in [6.07, 6.45) is 1.43. The molecule has 0 unspecified atom stereocenters. The summed E-state index contributed by atoms with van der Waals surface area (Å²) >= 11 is 0. The highest BCUT2D eigenvalue weighted by Crippen LogP contribution is 2.49. The van der Waals surface area contributed by atoms with Gasteiger partial charge in [0.05, 0.1) is 5.41 Å². The van der Waals surface area contributed by atoms with Crippen molar-refractivity contribution < 1.29 is 19.1 Å². The fourth-order valence-corrected chi connectivity index (χ4v) is 1.99. The highest BCUT2D eigenvalue weighted by molar-refractivity contribution is 5.96. The number of carbonyl (C=O) groups excluding carboxylic acids is 3. The second-order valence-electron chi connectivity index (χ2n) is 4.65. The summed E-state index contributed by atoms with van der Waals surface area (Å²) < 4.78 is 5.00. The zero-order valence-corrected chi connectivity index (χ0v) is 11.1. The summed E-state index contributed by atoms with van der Waals surface area (Å²) in [6.45, 7) is -0.458. The number of nitrogens with one attached hydrogen (secondary N) is 2. The van der Waals surface area contributed by atoms with Gasteiger partial charge >= 0.3 is 12.0 Å². The van der Waals surface area contributed by atoms with Crippen LogP contribution in [-0.2, 0) is 19.7 Å². The molecule has 0 atom stereocenters. The van der Waals surface area contributed by atoms with E-state index in [-0.39, 0.29) is 0 Å². The van der Waals surface area contributed by atoms with Gasteiger partial charge in [-0.2, -0.15) is 0 Å². The van der Waals surface area contributed by atoms with Crippen LogP contribution in [0.15, 0.2) is 30.3 Å². The molecular formula is C14H16N2O4. The van der Waals surface area contributed by atoms with Crippen LogP contribution in [0.2, 0.25) is 0 Å². The average Bonchev–Trinajstić information content (AvgIpc) is 3.27. The first-order valence-corrected chi connectivity index (χ1v) is 6.33. The van der Waals surface area contributed by atoms with Gasteiger partial charge in [-0.3, -0.25) is 14.9 Å². The molecule has 2 rings (SSSR count). The van der Waals surface area contributed by atoms with E-state index in [4.69, 9.17) is 4.74 Å². The lowest BCUT2D eigenvalue weighted by Crippen LogP contribution is -2.40. The minimum absolute atomic E-state index is 0.421. The van der Waals surface area contributed by atoms with Gasteiger partial charge in [0.2, 0.25) is 0 Å². The maximum atomic E-state index is 12.1. The molecule has 2 N–H and O–H groups in total. The predicted molar refractivity (Wildman–Crippen MR) is 70.9 cm³/mol. The molecular weight excluding hydrogens is 260 g/mol. The van der Waals surface area contributed by atoms with Gasteiger partial charge in [-0.1, -0.05) is 30.3 Å². The van der Waals surface area contributed by atoms with Crippen LogP contribution in [0.5, 0.6) is 0 Å². The van der Waals surface area contributed by atoms with Crippen molar-refractivity contribution in [3.8, 4) is 0 Å². The summed E-state index contributed by atoms with van der Waals surface area (Å²) in [6, 6.07) is 8.72. The van der Waals surface area contributed by atoms with Crippen molar-refractivity contribution in [2.75, 3.05) is 13.7 Å². The summed E-state index contributed by atoms with van der Waals surface area (Å²) in [5.41, 5.74) is 0.283. The van der Waals surface area contributed by atoms with Crippen LogP contribution in [0.1, 0.15) is 18.4 Å². The molecule has 1 saturated carbocycles. The van der Waals surface area contributed by atoms with E-state index < -0.39 is 29.9 Å². The van der Waals surface area contributed by atoms with E-state index in [9.17, 15) is 14.4 Å². The SMILES string of the molecule is CNC(=O)NC(=O)COC(=O)C1(c2ccccc2)CC1. The van der Waals surface area contributed by atoms with E-state index in [0.717, 1.165) is 5.56 Å². The van der Waals surface area contributed by atoms with E-state index in [1.807, 2.05) is 35.6 Å². The van der Waals surface area contributed by atoms with E-state index >= 15 is 0 Å². The average molecular weight is 276 g/mol. The molecule has 1 aliphatic rings. The van der Waals surface area contributed by atoms with Crippen LogP contribution < -0.4 is 10.6 Å². The van der Waals surface area contributed by atoms with Crippen LogP contribution in [0.4, 0.5) is 4.79 Å². The van der Waals surface area contributed by atoms with Crippen molar-refractivity contribution in [3.63, 3.8) is 0 Å². The Morgan fingerprint density at radius 3 is 2.40 bits per heavy atom. The Balaban J connectivity index is 1.90. The molecule has 0 saturated heterocycles. The Labute approximate surface area is 116 Å². The lowest BCUT2D eigenvalue weighted by molar-refractivity contribution is -0.150. The number of urea groups is 1. The minimum atomic E-state index is -0.651. The quantitative estimate of drug-likeness (QED) is 0.793. The third-order valence-electron chi connectivity index (χ3n) is 3.28. The number of hydrogen-bond donors (Lipinski definition) is 2. The van der Waals surface area contributed by atoms with Crippen LogP contribution in [0, 0.1) is 0 Å². The molecule has 106 valence electrons. The van der Waals surface area contributed by atoms with Gasteiger partial charge in [0.15, 0.2) is 6.61 Å². The van der Waals surface area contributed by atoms with Gasteiger partial charge in [0.1, 0.15) is 0 Å². The summed E-state index contributed by atoms with van der Waals surface area (Å²) in [5.74, 6) is -1.07. The largest absolute Gasteiger partial charge is 0.455 e. The third kappa shape index (κ3) is 2.96. The first kappa shape index (κ1) is 14.0. The van der Waals surface area contributed by atoms with E-state index in [0.29, 0.717) is 12.8 Å². The molecule has 0 heterocycles. The number of imide groups is 1. The van der Waals surface area contributed by atoms with Gasteiger partial charge in [0, 0.05) is 7.05 Å². The number of amides is 3. The zero-order valence-electron chi connectivity index (χ0n) is 11.1. The molecule has 1 aromatic rings. The highest BCUT2D eigenvalue weighted by Gasteiger charge is 2.52. The van der Waals surface area contributed by atoms with Crippen molar-refractivity contribution in [2.45, 2.75) is 18.3 Å². The van der Waals surface area contributed by atoms with Crippen LogP contribution >= 0.6 is 0 Å². The molecule has 1 aliphatic carbocycles. The molecule has 1 fully saturated rings. The van der Waals surface area contributed by atoms with E-state index in [1.54, 1.807) is 0 Å². The number of rotatable bonds is 4. The second kappa shape index (κ2) is 5.73. The minimum Gasteiger partial charge on any atom is -0.455 e. The van der Waals surface area contributed by atoms with Crippen molar-refractivity contribution in [1.82, 2.24) is 10.6 Å². The molecule has 0 radical (unpaired) electrons. The Morgan fingerprint density at radius 2 is 1.85 bits per heavy atom. The molecule has 0 aromatic heterocycles. The molecule has 0 aliphatic heterocycles. The van der Waals surface area contributed by atoms with Crippen molar-refractivity contribution in [3.05, 3.63) is 35.9 Å². The first-order valence-electron chi connectivity index (χ1n) is 6.33. The number of hydrogen-bond acceptors (Lipinski definition) is 4. The molecule has 6 nitrogen and oxygen atoms in total. The predicted octanol–water partition coefficient (Wildman–Crippen LogP) is 0.717. The summed E-state index contributed by atoms with van der Waals surface area (Å²) in [4.78, 5) is 34.4. The van der Waals surface area contributed by atoms with E-state index in [1.165, 1.54) is 7.05 Å². The lowest BCUT2D eigenvalue weighted by Gasteiger charge is -2.14. The van der Waals surface area contributed by atoms with Crippen molar-refractivity contribution in [2.24, 2.45) is 0 Å². The number of esters is 1. The Morgan fingerprint density at radius 1 is 1.20 bits per heavy atom. The van der Waals surface area contributed by atoms with Gasteiger partial charge in [-0.05, 0) is 18.4 Å². The molecule has 1 aromatic carbocycles. The molecule has 0 spiro atoms. The summed E-state index contributed by atoms with van der Waals surface area (Å²) in [5, 5.41) is 4.27. The Bertz CT molecular complexity index is 523. The topological polar surface area (TPSA) is 84.5 Å². The maximum Gasteiger partial charge on any atom is 0.321 e. The van der Waals surface area contributed by atoms with Crippen molar-refractivity contribution >= 4 is 17.9 Å². The fraction of sp³-hybridized carbons (Fsp3) is 0.357. The van der Waals surface area contributed by atoms with Crippen molar-refractivity contribution in [1.29, 1.82) is 0 Å². The smallest absolute Gasteiger partial charge is 0.321 e. The van der Waals surface area contributed by atoms with Gasteiger partial charge < -0.3 is 10.1 Å². The maximum absolute atomic E-state index is 12.1. The van der Waals surface area contributed by atoms with Gasteiger partial charge in [-0.15, -0.1) is 0 Å². The van der Waals surface area contributed by atoms with Gasteiger partial charge in [0.25, 0.3) is 5.91 Å². The third-order valence-corrected chi connectivity index (χ3v) is 3.28. The second-order valence-corrected chi connectivity index (χ2v) is 4.65. The fourth-order valence-electron chi connectivity index (χ4n) is 1.99. The zero-order chi connectivity index (χ0) is 14.6. The molecule has 6 heteroatoms. The lowest BCUT2D eigenvalue weighted by atomic mass is 9.96. The Hall–Kier alpha value is -2.37. The summed E-state index contributed by atoms with van der Waals surface area (Å²) in [7, 11) is 1.39. The first-order chi connectivity index (χ1) is 9.58. The Kier molecular flexibility index (Phi) is 4.02. The standard InChI is InChI=1S/C14H16N2O4/c1-15-13(19)16-11(17)9-20-12(18)14(7-8-14)10-5-3-2-4-6-10/h2-6H,7-9H2,1H3,(H2,15,16,17,19). The monoisotopic (exact) mass is 276 g/mol. The number of ether oxygens (including phenoxy) is 1. The number of carbonyl (C=O) groups is 3. The molecule has 20 heavy (non-hydrogen) atoms. The number of benzene rings is 1. The molecule has 0 bridgehead atoms. The van der Waals surface area contributed by atoms with Crippen LogP contribution in [0.3, 0.4) is 0 Å². The highest BCUT2D eigenvalue weighted by atomic mass is 16.5. The van der Waals surface area contributed by atoms with E-state index in [2.05, 4.69) is 5.32 Å². The normalized spacial score (nSPS) is 15.1.